The minimum Gasteiger partial charge on any atom is -0.351 e. The Morgan fingerprint density at radius 2 is 2.17 bits per heavy atom. The highest BCUT2D eigenvalue weighted by Crippen LogP contribution is 2.35. The maximum atomic E-state index is 13.9. The minimum atomic E-state index is -0.409. The van der Waals surface area contributed by atoms with Crippen molar-refractivity contribution in [3.63, 3.8) is 0 Å². The highest BCUT2D eigenvalue weighted by atomic mass is 35.5. The highest BCUT2D eigenvalue weighted by molar-refractivity contribution is 6.30. The summed E-state index contributed by atoms with van der Waals surface area (Å²) in [5, 5.41) is 6.42. The van der Waals surface area contributed by atoms with Gasteiger partial charge in [0.15, 0.2) is 0 Å². The van der Waals surface area contributed by atoms with Crippen LogP contribution in [0.2, 0.25) is 5.02 Å². The number of amides is 1. The van der Waals surface area contributed by atoms with E-state index >= 15 is 0 Å². The molecule has 2 heterocycles. The summed E-state index contributed by atoms with van der Waals surface area (Å²) < 4.78 is 13.9. The summed E-state index contributed by atoms with van der Waals surface area (Å²) in [4.78, 5) is 14.6. The van der Waals surface area contributed by atoms with Crippen LogP contribution >= 0.6 is 11.6 Å². The van der Waals surface area contributed by atoms with Gasteiger partial charge >= 0.3 is 0 Å². The number of rotatable bonds is 4. The normalized spacial score (nSPS) is 25.6. The lowest BCUT2D eigenvalue weighted by Gasteiger charge is -2.33. The number of hydrogen-bond acceptors (Lipinski definition) is 3. The van der Waals surface area contributed by atoms with Gasteiger partial charge in [0.1, 0.15) is 5.82 Å². The molecule has 2 saturated heterocycles. The molecule has 126 valence electrons. The maximum Gasteiger partial charge on any atom is 0.225 e. The monoisotopic (exact) mass is 339 g/mol. The van der Waals surface area contributed by atoms with Crippen molar-refractivity contribution in [2.45, 2.75) is 38.4 Å². The molecule has 2 fully saturated rings. The first-order valence-electron chi connectivity index (χ1n) is 8.19. The van der Waals surface area contributed by atoms with Crippen LogP contribution in [-0.4, -0.2) is 42.5 Å². The summed E-state index contributed by atoms with van der Waals surface area (Å²) in [5.41, 5.74) is 0.870. The molecule has 0 bridgehead atoms. The van der Waals surface area contributed by atoms with Crippen molar-refractivity contribution >= 4 is 17.5 Å². The average Bonchev–Trinajstić information content (AvgIpc) is 2.83. The molecule has 2 aliphatic heterocycles. The second-order valence-electron chi connectivity index (χ2n) is 6.71. The molecule has 4 nitrogen and oxygen atoms in total. The number of nitrogens with one attached hydrogen (secondary N) is 2. The summed E-state index contributed by atoms with van der Waals surface area (Å²) >= 11 is 5.81. The molecular weight excluding hydrogens is 317 g/mol. The fourth-order valence-electron chi connectivity index (χ4n) is 3.44. The predicted molar refractivity (Wildman–Crippen MR) is 88.9 cm³/mol. The molecule has 1 aromatic rings. The molecule has 6 heteroatoms. The molecule has 0 radical (unpaired) electrons. The number of halogens is 2. The van der Waals surface area contributed by atoms with E-state index in [2.05, 4.69) is 29.4 Å². The van der Waals surface area contributed by atoms with Gasteiger partial charge < -0.3 is 10.6 Å². The summed E-state index contributed by atoms with van der Waals surface area (Å²) in [6.45, 7) is 6.62. The van der Waals surface area contributed by atoms with E-state index in [0.717, 1.165) is 31.6 Å². The quantitative estimate of drug-likeness (QED) is 0.885. The standard InChI is InChI=1S/C17H23ClFN3O/c1-10(2)22-6-5-15(21-17(23)12-8-20-9-12)16(22)11-3-4-13(18)14(19)7-11/h3-4,7,10,12,15-16,20H,5-6,8-9H2,1-2H3,(H,21,23). The largest absolute Gasteiger partial charge is 0.351 e. The fraction of sp³-hybridized carbons (Fsp3) is 0.588. The van der Waals surface area contributed by atoms with Crippen LogP contribution in [0.25, 0.3) is 0 Å². The number of likely N-dealkylation sites (tertiary alicyclic amines) is 1. The van der Waals surface area contributed by atoms with Gasteiger partial charge in [-0.15, -0.1) is 0 Å². The molecule has 2 atom stereocenters. The summed E-state index contributed by atoms with van der Waals surface area (Å²) in [6.07, 6.45) is 0.874. The fourth-order valence-corrected chi connectivity index (χ4v) is 3.56. The number of carbonyl (C=O) groups is 1. The lowest BCUT2D eigenvalue weighted by molar-refractivity contribution is -0.127. The predicted octanol–water partition coefficient (Wildman–Crippen LogP) is 2.34. The zero-order valence-electron chi connectivity index (χ0n) is 13.5. The maximum absolute atomic E-state index is 13.9. The molecule has 2 aliphatic rings. The lowest BCUT2D eigenvalue weighted by atomic mass is 9.97. The average molecular weight is 340 g/mol. The number of hydrogen-bond donors (Lipinski definition) is 2. The Morgan fingerprint density at radius 3 is 2.74 bits per heavy atom. The Labute approximate surface area is 141 Å². The Bertz CT molecular complexity index is 591. The first-order valence-corrected chi connectivity index (χ1v) is 8.57. The molecule has 23 heavy (non-hydrogen) atoms. The van der Waals surface area contributed by atoms with Gasteiger partial charge in [0.05, 0.1) is 17.0 Å². The van der Waals surface area contributed by atoms with Crippen LogP contribution < -0.4 is 10.6 Å². The molecule has 0 aromatic heterocycles. The van der Waals surface area contributed by atoms with E-state index < -0.39 is 5.82 Å². The van der Waals surface area contributed by atoms with Crippen LogP contribution in [0.1, 0.15) is 31.9 Å². The smallest absolute Gasteiger partial charge is 0.225 e. The number of benzene rings is 1. The second kappa shape index (κ2) is 6.75. The molecular formula is C17H23ClFN3O. The van der Waals surface area contributed by atoms with Gasteiger partial charge in [-0.1, -0.05) is 17.7 Å². The van der Waals surface area contributed by atoms with Gasteiger partial charge in [-0.2, -0.15) is 0 Å². The van der Waals surface area contributed by atoms with Crippen molar-refractivity contribution in [3.05, 3.63) is 34.6 Å². The number of nitrogens with zero attached hydrogens (tertiary/aromatic N) is 1. The summed E-state index contributed by atoms with van der Waals surface area (Å²) in [7, 11) is 0. The molecule has 2 N–H and O–H groups in total. The van der Waals surface area contributed by atoms with E-state index in [1.54, 1.807) is 6.07 Å². The van der Waals surface area contributed by atoms with Crippen molar-refractivity contribution in [1.29, 1.82) is 0 Å². The Hall–Kier alpha value is -1.17. The summed E-state index contributed by atoms with van der Waals surface area (Å²) in [6, 6.07) is 5.27. The van der Waals surface area contributed by atoms with E-state index in [1.165, 1.54) is 6.07 Å². The summed E-state index contributed by atoms with van der Waals surface area (Å²) in [5.74, 6) is -0.252. The molecule has 1 aromatic carbocycles. The van der Waals surface area contributed by atoms with Crippen LogP contribution in [-0.2, 0) is 4.79 Å². The Morgan fingerprint density at radius 1 is 1.43 bits per heavy atom. The molecule has 0 saturated carbocycles. The van der Waals surface area contributed by atoms with Crippen LogP contribution in [0.4, 0.5) is 4.39 Å². The topological polar surface area (TPSA) is 44.4 Å². The second-order valence-corrected chi connectivity index (χ2v) is 7.12. The van der Waals surface area contributed by atoms with Crippen LogP contribution in [0.15, 0.2) is 18.2 Å². The zero-order chi connectivity index (χ0) is 16.6. The van der Waals surface area contributed by atoms with Gasteiger partial charge in [0.2, 0.25) is 5.91 Å². The van der Waals surface area contributed by atoms with Crippen LogP contribution in [0, 0.1) is 11.7 Å². The van der Waals surface area contributed by atoms with Crippen molar-refractivity contribution in [2.24, 2.45) is 5.92 Å². The molecule has 1 amide bonds. The first-order chi connectivity index (χ1) is 11.0. The van der Waals surface area contributed by atoms with Crippen LogP contribution in [0.5, 0.6) is 0 Å². The highest BCUT2D eigenvalue weighted by Gasteiger charge is 2.39. The van der Waals surface area contributed by atoms with Crippen molar-refractivity contribution in [3.8, 4) is 0 Å². The molecule has 0 spiro atoms. The molecule has 3 rings (SSSR count). The van der Waals surface area contributed by atoms with Gasteiger partial charge in [-0.3, -0.25) is 9.69 Å². The van der Waals surface area contributed by atoms with E-state index in [4.69, 9.17) is 11.6 Å². The third-order valence-corrected chi connectivity index (χ3v) is 5.17. The van der Waals surface area contributed by atoms with E-state index in [0.29, 0.717) is 6.04 Å². The van der Waals surface area contributed by atoms with E-state index in [1.807, 2.05) is 6.07 Å². The first kappa shape index (κ1) is 16.7. The van der Waals surface area contributed by atoms with Gasteiger partial charge in [0, 0.05) is 31.7 Å². The third-order valence-electron chi connectivity index (χ3n) is 4.87. The zero-order valence-corrected chi connectivity index (χ0v) is 14.2. The van der Waals surface area contributed by atoms with Crippen molar-refractivity contribution < 1.29 is 9.18 Å². The SMILES string of the molecule is CC(C)N1CCC(NC(=O)C2CNC2)C1c1ccc(Cl)c(F)c1. The molecule has 2 unspecified atom stereocenters. The van der Waals surface area contributed by atoms with Crippen LogP contribution in [0.3, 0.4) is 0 Å². The van der Waals surface area contributed by atoms with Gasteiger partial charge in [-0.05, 0) is 38.0 Å². The Kier molecular flexibility index (Phi) is 4.90. The number of carbonyl (C=O) groups excluding carboxylic acids is 1. The van der Waals surface area contributed by atoms with E-state index in [9.17, 15) is 9.18 Å². The van der Waals surface area contributed by atoms with Gasteiger partial charge in [-0.25, -0.2) is 4.39 Å². The van der Waals surface area contributed by atoms with E-state index in [-0.39, 0.29) is 28.9 Å². The molecule has 0 aliphatic carbocycles. The Balaban J connectivity index is 1.82. The third kappa shape index (κ3) is 3.37. The minimum absolute atomic E-state index is 0.00563. The lowest BCUT2D eigenvalue weighted by Crippen LogP contribution is -2.53. The van der Waals surface area contributed by atoms with Crippen molar-refractivity contribution in [1.82, 2.24) is 15.5 Å². The van der Waals surface area contributed by atoms with Crippen molar-refractivity contribution in [2.75, 3.05) is 19.6 Å². The van der Waals surface area contributed by atoms with Gasteiger partial charge in [0.25, 0.3) is 0 Å².